The van der Waals surface area contributed by atoms with Crippen molar-refractivity contribution in [2.75, 3.05) is 20.1 Å². The van der Waals surface area contributed by atoms with Gasteiger partial charge in [-0.25, -0.2) is 0 Å². The van der Waals surface area contributed by atoms with E-state index < -0.39 is 5.97 Å². The molecule has 0 fully saturated rings. The second kappa shape index (κ2) is 9.54. The molecule has 0 aliphatic carbocycles. The maximum atomic E-state index is 11.2. The summed E-state index contributed by atoms with van der Waals surface area (Å²) in [5, 5.41) is 9.20. The third kappa shape index (κ3) is 6.71. The Balaban J connectivity index is 2.27. The fourth-order valence-corrected chi connectivity index (χ4v) is 2.29. The highest BCUT2D eigenvalue weighted by Crippen LogP contribution is 2.14. The van der Waals surface area contributed by atoms with Crippen molar-refractivity contribution < 1.29 is 9.90 Å². The molecule has 1 aromatic rings. The van der Waals surface area contributed by atoms with E-state index in [9.17, 15) is 9.90 Å². The molecular weight excluding hydrogens is 250 g/mol. The molecule has 1 atom stereocenters. The van der Waals surface area contributed by atoms with E-state index in [2.05, 4.69) is 43.1 Å². The van der Waals surface area contributed by atoms with Gasteiger partial charge in [0.15, 0.2) is 0 Å². The molecule has 0 spiro atoms. The number of hydrogen-bond acceptors (Lipinski definition) is 2. The number of benzene rings is 1. The zero-order valence-corrected chi connectivity index (χ0v) is 12.7. The van der Waals surface area contributed by atoms with Gasteiger partial charge in [-0.3, -0.25) is 4.79 Å². The largest absolute Gasteiger partial charge is 0.481 e. The molecule has 0 aliphatic heterocycles. The number of aliphatic carboxylic acids is 1. The number of carboxylic acid groups (broad SMARTS) is 1. The van der Waals surface area contributed by atoms with Crippen molar-refractivity contribution in [2.24, 2.45) is 5.92 Å². The second-order valence-electron chi connectivity index (χ2n) is 5.50. The van der Waals surface area contributed by atoms with Crippen LogP contribution < -0.4 is 0 Å². The van der Waals surface area contributed by atoms with E-state index in [1.54, 1.807) is 0 Å². The fraction of sp³-hybridized carbons (Fsp3) is 0.588. The van der Waals surface area contributed by atoms with Gasteiger partial charge in [-0.1, -0.05) is 50.1 Å². The fourth-order valence-electron chi connectivity index (χ4n) is 2.29. The van der Waals surface area contributed by atoms with Gasteiger partial charge >= 0.3 is 5.97 Å². The van der Waals surface area contributed by atoms with Crippen LogP contribution in [0.1, 0.15) is 38.2 Å². The molecular formula is C17H27NO2. The lowest BCUT2D eigenvalue weighted by molar-refractivity contribution is -0.142. The predicted molar refractivity (Wildman–Crippen MR) is 82.9 cm³/mol. The first-order valence-electron chi connectivity index (χ1n) is 7.58. The van der Waals surface area contributed by atoms with E-state index in [4.69, 9.17) is 0 Å². The molecule has 0 bridgehead atoms. The maximum absolute atomic E-state index is 11.2. The second-order valence-corrected chi connectivity index (χ2v) is 5.50. The van der Waals surface area contributed by atoms with Crippen molar-refractivity contribution in [2.45, 2.75) is 39.0 Å². The molecule has 20 heavy (non-hydrogen) atoms. The minimum Gasteiger partial charge on any atom is -0.481 e. The van der Waals surface area contributed by atoms with E-state index in [-0.39, 0.29) is 5.92 Å². The van der Waals surface area contributed by atoms with Crippen LogP contribution in [0.4, 0.5) is 0 Å². The number of hydrogen-bond donors (Lipinski definition) is 1. The molecule has 0 aromatic heterocycles. The topological polar surface area (TPSA) is 40.5 Å². The third-order valence-corrected chi connectivity index (χ3v) is 3.74. The molecule has 1 aromatic carbocycles. The summed E-state index contributed by atoms with van der Waals surface area (Å²) >= 11 is 0. The van der Waals surface area contributed by atoms with Crippen LogP contribution in [-0.2, 0) is 11.2 Å². The van der Waals surface area contributed by atoms with E-state index in [0.29, 0.717) is 0 Å². The molecule has 0 saturated heterocycles. The van der Waals surface area contributed by atoms with E-state index in [0.717, 1.165) is 45.2 Å². The Labute approximate surface area is 122 Å². The predicted octanol–water partition coefficient (Wildman–Crippen LogP) is 3.44. The molecule has 0 saturated carbocycles. The molecule has 0 aliphatic rings. The molecule has 1 rings (SSSR count). The minimum absolute atomic E-state index is 0.186. The molecule has 0 amide bonds. The molecule has 112 valence electrons. The van der Waals surface area contributed by atoms with Crippen molar-refractivity contribution in [3.63, 3.8) is 0 Å². The number of likely N-dealkylation sites (N-methyl/N-ethyl adjacent to an activating group) is 1. The highest BCUT2D eigenvalue weighted by atomic mass is 16.4. The van der Waals surface area contributed by atoms with Gasteiger partial charge in [-0.2, -0.15) is 0 Å². The van der Waals surface area contributed by atoms with Gasteiger partial charge in [0.1, 0.15) is 0 Å². The van der Waals surface area contributed by atoms with Crippen LogP contribution in [0.2, 0.25) is 0 Å². The summed E-state index contributed by atoms with van der Waals surface area (Å²) in [6, 6.07) is 10.4. The van der Waals surface area contributed by atoms with Gasteiger partial charge in [0.2, 0.25) is 0 Å². The summed E-state index contributed by atoms with van der Waals surface area (Å²) < 4.78 is 0. The van der Waals surface area contributed by atoms with Gasteiger partial charge in [-0.15, -0.1) is 0 Å². The SMILES string of the molecule is CCCCC(CCN(C)CCc1ccccc1)C(=O)O. The normalized spacial score (nSPS) is 12.6. The zero-order valence-electron chi connectivity index (χ0n) is 12.7. The zero-order chi connectivity index (χ0) is 14.8. The molecule has 1 unspecified atom stereocenters. The van der Waals surface area contributed by atoms with Crippen LogP contribution >= 0.6 is 0 Å². The first kappa shape index (κ1) is 16.7. The third-order valence-electron chi connectivity index (χ3n) is 3.74. The maximum Gasteiger partial charge on any atom is 0.306 e. The van der Waals surface area contributed by atoms with E-state index in [1.165, 1.54) is 5.56 Å². The first-order chi connectivity index (χ1) is 9.63. The van der Waals surface area contributed by atoms with Crippen LogP contribution in [0.15, 0.2) is 30.3 Å². The Morgan fingerprint density at radius 2 is 1.90 bits per heavy atom. The van der Waals surface area contributed by atoms with Crippen molar-refractivity contribution in [3.8, 4) is 0 Å². The van der Waals surface area contributed by atoms with Crippen LogP contribution in [0.25, 0.3) is 0 Å². The van der Waals surface area contributed by atoms with Crippen molar-refractivity contribution >= 4 is 5.97 Å². The van der Waals surface area contributed by atoms with Crippen LogP contribution in [0, 0.1) is 5.92 Å². The molecule has 0 heterocycles. The Morgan fingerprint density at radius 3 is 2.50 bits per heavy atom. The van der Waals surface area contributed by atoms with Gasteiger partial charge in [-0.05, 0) is 38.4 Å². The van der Waals surface area contributed by atoms with Crippen LogP contribution in [-0.4, -0.2) is 36.1 Å². The smallest absolute Gasteiger partial charge is 0.306 e. The monoisotopic (exact) mass is 277 g/mol. The van der Waals surface area contributed by atoms with Crippen molar-refractivity contribution in [1.29, 1.82) is 0 Å². The minimum atomic E-state index is -0.644. The number of unbranched alkanes of at least 4 members (excludes halogenated alkanes) is 1. The lowest BCUT2D eigenvalue weighted by Gasteiger charge is -2.19. The Hall–Kier alpha value is -1.35. The Kier molecular flexibility index (Phi) is 7.97. The van der Waals surface area contributed by atoms with Crippen LogP contribution in [0.3, 0.4) is 0 Å². The first-order valence-corrected chi connectivity index (χ1v) is 7.58. The van der Waals surface area contributed by atoms with E-state index >= 15 is 0 Å². The Morgan fingerprint density at radius 1 is 1.20 bits per heavy atom. The molecule has 3 heteroatoms. The quantitative estimate of drug-likeness (QED) is 0.712. The van der Waals surface area contributed by atoms with Gasteiger partial charge in [0.05, 0.1) is 5.92 Å². The Bertz CT molecular complexity index is 378. The standard InChI is InChI=1S/C17H27NO2/c1-3-4-10-16(17(19)20)12-14-18(2)13-11-15-8-6-5-7-9-15/h5-9,16H,3-4,10-14H2,1-2H3,(H,19,20). The lowest BCUT2D eigenvalue weighted by Crippen LogP contribution is -2.26. The summed E-state index contributed by atoms with van der Waals surface area (Å²) in [5.41, 5.74) is 1.33. The number of rotatable bonds is 10. The highest BCUT2D eigenvalue weighted by molar-refractivity contribution is 5.69. The van der Waals surface area contributed by atoms with Crippen molar-refractivity contribution in [1.82, 2.24) is 4.90 Å². The van der Waals surface area contributed by atoms with Gasteiger partial charge in [0.25, 0.3) is 0 Å². The molecule has 3 nitrogen and oxygen atoms in total. The van der Waals surface area contributed by atoms with Crippen LogP contribution in [0.5, 0.6) is 0 Å². The van der Waals surface area contributed by atoms with Gasteiger partial charge < -0.3 is 10.0 Å². The summed E-state index contributed by atoms with van der Waals surface area (Å²) in [5.74, 6) is -0.830. The number of carboxylic acids is 1. The van der Waals surface area contributed by atoms with Gasteiger partial charge in [0, 0.05) is 6.54 Å². The lowest BCUT2D eigenvalue weighted by atomic mass is 9.98. The highest BCUT2D eigenvalue weighted by Gasteiger charge is 2.17. The summed E-state index contributed by atoms with van der Waals surface area (Å²) in [6.45, 7) is 3.93. The summed E-state index contributed by atoms with van der Waals surface area (Å²) in [6.07, 6.45) is 4.64. The number of carbonyl (C=O) groups is 1. The molecule has 0 radical (unpaired) electrons. The van der Waals surface area contributed by atoms with Crippen molar-refractivity contribution in [3.05, 3.63) is 35.9 Å². The van der Waals surface area contributed by atoms with E-state index in [1.807, 2.05) is 6.07 Å². The summed E-state index contributed by atoms with van der Waals surface area (Å²) in [7, 11) is 2.07. The number of nitrogens with zero attached hydrogens (tertiary/aromatic N) is 1. The average molecular weight is 277 g/mol. The average Bonchev–Trinajstić information content (AvgIpc) is 2.46. The summed E-state index contributed by atoms with van der Waals surface area (Å²) in [4.78, 5) is 13.4. The molecule has 1 N–H and O–H groups in total.